The van der Waals surface area contributed by atoms with Crippen molar-refractivity contribution in [2.45, 2.75) is 44.4 Å². The van der Waals surface area contributed by atoms with E-state index in [0.717, 1.165) is 56.3 Å². The lowest BCUT2D eigenvalue weighted by molar-refractivity contribution is -0.0745. The van der Waals surface area contributed by atoms with Gasteiger partial charge in [-0.2, -0.15) is 0 Å². The van der Waals surface area contributed by atoms with Gasteiger partial charge in [-0.3, -0.25) is 4.90 Å². The van der Waals surface area contributed by atoms with Gasteiger partial charge in [-0.1, -0.05) is 23.7 Å². The summed E-state index contributed by atoms with van der Waals surface area (Å²) < 4.78 is 19.1. The average Bonchev–Trinajstić information content (AvgIpc) is 2.72. The predicted molar refractivity (Wildman–Crippen MR) is 110 cm³/mol. The number of rotatable bonds is 4. The summed E-state index contributed by atoms with van der Waals surface area (Å²) in [7, 11) is 0. The van der Waals surface area contributed by atoms with E-state index < -0.39 is 0 Å². The molecule has 1 aromatic heterocycles. The first-order valence-electron chi connectivity index (χ1n) is 10.1. The third-order valence-corrected chi connectivity index (χ3v) is 6.12. The van der Waals surface area contributed by atoms with Crippen LogP contribution in [0.1, 0.15) is 25.3 Å². The molecule has 4 rings (SSSR count). The van der Waals surface area contributed by atoms with Crippen molar-refractivity contribution in [2.24, 2.45) is 0 Å². The third-order valence-electron chi connectivity index (χ3n) is 5.86. The fraction of sp³-hybridized carbons (Fsp3) is 0.500. The molecule has 0 bridgehead atoms. The molecule has 1 aromatic carbocycles. The standard InChI is InChI=1S/C22H27ClFN3O/c1-16-14-27(21(15-28-16)12-17-2-4-18(23)5-3-17)20-8-10-26(11-9-20)22-7-6-19(24)13-25-22/h2-7,13,16,20-21H,8-12,14-15H2,1H3/t16-,21-/m0/s1. The zero-order valence-corrected chi connectivity index (χ0v) is 17.0. The van der Waals surface area contributed by atoms with Crippen LogP contribution in [0, 0.1) is 5.82 Å². The molecule has 4 nitrogen and oxygen atoms in total. The van der Waals surface area contributed by atoms with Gasteiger partial charge in [-0.25, -0.2) is 9.37 Å². The van der Waals surface area contributed by atoms with Crippen LogP contribution in [0.5, 0.6) is 0 Å². The Morgan fingerprint density at radius 2 is 1.89 bits per heavy atom. The topological polar surface area (TPSA) is 28.6 Å². The minimum absolute atomic E-state index is 0.262. The number of ether oxygens (including phenoxy) is 1. The lowest BCUT2D eigenvalue weighted by atomic mass is 9.96. The number of nitrogens with zero attached hydrogens (tertiary/aromatic N) is 3. The van der Waals surface area contributed by atoms with Crippen molar-refractivity contribution in [3.63, 3.8) is 0 Å². The Labute approximate surface area is 171 Å². The second-order valence-corrected chi connectivity index (χ2v) is 8.31. The fourth-order valence-electron chi connectivity index (χ4n) is 4.37. The van der Waals surface area contributed by atoms with Crippen LogP contribution < -0.4 is 4.90 Å². The van der Waals surface area contributed by atoms with E-state index in [9.17, 15) is 4.39 Å². The highest BCUT2D eigenvalue weighted by Crippen LogP contribution is 2.27. The molecule has 2 atom stereocenters. The van der Waals surface area contributed by atoms with Gasteiger partial charge < -0.3 is 9.64 Å². The van der Waals surface area contributed by atoms with E-state index in [1.165, 1.54) is 17.8 Å². The zero-order chi connectivity index (χ0) is 19.5. The molecule has 6 heteroatoms. The van der Waals surface area contributed by atoms with E-state index in [0.29, 0.717) is 12.1 Å². The van der Waals surface area contributed by atoms with Crippen molar-refractivity contribution in [1.29, 1.82) is 0 Å². The summed E-state index contributed by atoms with van der Waals surface area (Å²) in [5.74, 6) is 0.582. The van der Waals surface area contributed by atoms with Crippen LogP contribution in [0.25, 0.3) is 0 Å². The van der Waals surface area contributed by atoms with Gasteiger partial charge >= 0.3 is 0 Å². The van der Waals surface area contributed by atoms with Crippen LogP contribution in [0.15, 0.2) is 42.6 Å². The smallest absolute Gasteiger partial charge is 0.141 e. The van der Waals surface area contributed by atoms with Crippen molar-refractivity contribution >= 4 is 17.4 Å². The molecule has 0 unspecified atom stereocenters. The second kappa shape index (κ2) is 8.76. The maximum absolute atomic E-state index is 13.1. The Kier molecular flexibility index (Phi) is 6.14. The third kappa shape index (κ3) is 4.65. The lowest BCUT2D eigenvalue weighted by Crippen LogP contribution is -2.56. The molecular weight excluding hydrogens is 377 g/mol. The maximum Gasteiger partial charge on any atom is 0.141 e. The molecule has 0 aliphatic carbocycles. The Balaban J connectivity index is 1.40. The van der Waals surface area contributed by atoms with Crippen LogP contribution >= 0.6 is 11.6 Å². The van der Waals surface area contributed by atoms with Crippen molar-refractivity contribution in [3.8, 4) is 0 Å². The molecule has 2 aromatic rings. The molecular formula is C22H27ClFN3O. The van der Waals surface area contributed by atoms with E-state index in [4.69, 9.17) is 16.3 Å². The Bertz CT molecular complexity index is 762. The second-order valence-electron chi connectivity index (χ2n) is 7.88. The van der Waals surface area contributed by atoms with Crippen molar-refractivity contribution < 1.29 is 9.13 Å². The quantitative estimate of drug-likeness (QED) is 0.765. The number of benzene rings is 1. The molecule has 3 heterocycles. The van der Waals surface area contributed by atoms with Gasteiger partial charge in [0.25, 0.3) is 0 Å². The highest BCUT2D eigenvalue weighted by atomic mass is 35.5. The first-order chi connectivity index (χ1) is 13.6. The molecule has 0 saturated carbocycles. The van der Waals surface area contributed by atoms with Crippen molar-refractivity contribution in [2.75, 3.05) is 31.1 Å². The summed E-state index contributed by atoms with van der Waals surface area (Å²) >= 11 is 6.03. The number of hydrogen-bond donors (Lipinski definition) is 0. The average molecular weight is 404 g/mol. The molecule has 0 spiro atoms. The highest BCUT2D eigenvalue weighted by Gasteiger charge is 2.34. The minimum Gasteiger partial charge on any atom is -0.376 e. The van der Waals surface area contributed by atoms with Gasteiger partial charge in [0.1, 0.15) is 11.6 Å². The number of pyridine rings is 1. The Hall–Kier alpha value is -1.69. The van der Waals surface area contributed by atoms with Gasteiger partial charge in [0.15, 0.2) is 0 Å². The van der Waals surface area contributed by atoms with Gasteiger partial charge in [-0.05, 0) is 56.0 Å². The Morgan fingerprint density at radius 3 is 2.57 bits per heavy atom. The Morgan fingerprint density at radius 1 is 1.14 bits per heavy atom. The number of hydrogen-bond acceptors (Lipinski definition) is 4. The van der Waals surface area contributed by atoms with Crippen LogP contribution in [0.3, 0.4) is 0 Å². The van der Waals surface area contributed by atoms with Crippen LogP contribution in [0.2, 0.25) is 5.02 Å². The first-order valence-corrected chi connectivity index (χ1v) is 10.4. The molecule has 150 valence electrons. The van der Waals surface area contributed by atoms with Crippen LogP contribution in [-0.2, 0) is 11.2 Å². The molecule has 2 aliphatic heterocycles. The number of anilines is 1. The fourth-order valence-corrected chi connectivity index (χ4v) is 4.49. The van der Waals surface area contributed by atoms with E-state index in [1.807, 2.05) is 12.1 Å². The summed E-state index contributed by atoms with van der Waals surface area (Å²) in [6.45, 7) is 5.79. The van der Waals surface area contributed by atoms with E-state index in [-0.39, 0.29) is 11.9 Å². The summed E-state index contributed by atoms with van der Waals surface area (Å²) in [5, 5.41) is 0.774. The minimum atomic E-state index is -0.286. The van der Waals surface area contributed by atoms with Crippen LogP contribution in [0.4, 0.5) is 10.2 Å². The van der Waals surface area contributed by atoms with E-state index in [2.05, 4.69) is 33.8 Å². The monoisotopic (exact) mass is 403 g/mol. The lowest BCUT2D eigenvalue weighted by Gasteiger charge is -2.46. The summed E-state index contributed by atoms with van der Waals surface area (Å²) in [4.78, 5) is 9.14. The molecule has 2 fully saturated rings. The number of halogens is 2. The highest BCUT2D eigenvalue weighted by molar-refractivity contribution is 6.30. The molecule has 2 aliphatic rings. The summed E-state index contributed by atoms with van der Waals surface area (Å²) in [5.41, 5.74) is 1.30. The summed E-state index contributed by atoms with van der Waals surface area (Å²) in [6, 6.07) is 12.3. The van der Waals surface area contributed by atoms with Crippen molar-refractivity contribution in [3.05, 3.63) is 59.0 Å². The van der Waals surface area contributed by atoms with Gasteiger partial charge in [0, 0.05) is 36.7 Å². The number of aromatic nitrogens is 1. The first kappa shape index (κ1) is 19.6. The zero-order valence-electron chi connectivity index (χ0n) is 16.2. The number of morpholine rings is 1. The normalized spacial score (nSPS) is 24.5. The van der Waals surface area contributed by atoms with Crippen LogP contribution in [-0.4, -0.2) is 54.3 Å². The molecule has 2 saturated heterocycles. The van der Waals surface area contributed by atoms with Gasteiger partial charge in [-0.15, -0.1) is 0 Å². The number of piperidine rings is 1. The largest absolute Gasteiger partial charge is 0.376 e. The molecule has 28 heavy (non-hydrogen) atoms. The van der Waals surface area contributed by atoms with Gasteiger partial charge in [0.05, 0.1) is 18.9 Å². The summed E-state index contributed by atoms with van der Waals surface area (Å²) in [6.07, 6.45) is 4.71. The van der Waals surface area contributed by atoms with E-state index >= 15 is 0 Å². The SMILES string of the molecule is C[C@H]1CN(C2CCN(c3ccc(F)cn3)CC2)[C@@H](Cc2ccc(Cl)cc2)CO1. The maximum atomic E-state index is 13.1. The molecule has 0 N–H and O–H groups in total. The van der Waals surface area contributed by atoms with Gasteiger partial charge in [0.2, 0.25) is 0 Å². The van der Waals surface area contributed by atoms with E-state index in [1.54, 1.807) is 6.07 Å². The molecule has 0 radical (unpaired) electrons. The van der Waals surface area contributed by atoms with Crippen molar-refractivity contribution in [1.82, 2.24) is 9.88 Å². The predicted octanol–water partition coefficient (Wildman–Crippen LogP) is 4.17. The molecule has 0 amide bonds.